The lowest BCUT2D eigenvalue weighted by molar-refractivity contribution is 0.0950. The van der Waals surface area contributed by atoms with Crippen molar-refractivity contribution in [1.82, 2.24) is 5.32 Å². The van der Waals surface area contributed by atoms with E-state index in [9.17, 15) is 4.79 Å². The molecule has 2 unspecified atom stereocenters. The number of hydrogen-bond donors (Lipinski definition) is 1. The van der Waals surface area contributed by atoms with E-state index >= 15 is 0 Å². The average molecular weight is 303 g/mol. The van der Waals surface area contributed by atoms with E-state index in [0.29, 0.717) is 23.0 Å². The fourth-order valence-electron chi connectivity index (χ4n) is 2.40. The third kappa shape index (κ3) is 2.88. The largest absolute Gasteiger partial charge is 0.493 e. The van der Waals surface area contributed by atoms with Gasteiger partial charge in [-0.15, -0.1) is 11.3 Å². The number of nitrogens with one attached hydrogen (secondary N) is 1. The second-order valence-corrected chi connectivity index (χ2v) is 5.99. The first-order chi connectivity index (χ1) is 10.2. The van der Waals surface area contributed by atoms with Crippen LogP contribution in [0.25, 0.3) is 0 Å². The van der Waals surface area contributed by atoms with Gasteiger partial charge < -0.3 is 14.8 Å². The monoisotopic (exact) mass is 303 g/mol. The molecule has 21 heavy (non-hydrogen) atoms. The van der Waals surface area contributed by atoms with Crippen molar-refractivity contribution in [2.45, 2.75) is 18.4 Å². The van der Waals surface area contributed by atoms with Crippen LogP contribution in [0.1, 0.15) is 27.6 Å². The van der Waals surface area contributed by atoms with Gasteiger partial charge in [-0.1, -0.05) is 6.07 Å². The molecule has 0 bridgehead atoms. The Morgan fingerprint density at radius 2 is 2.05 bits per heavy atom. The van der Waals surface area contributed by atoms with Crippen LogP contribution in [0.3, 0.4) is 0 Å². The molecule has 0 aliphatic heterocycles. The molecule has 1 saturated carbocycles. The van der Waals surface area contributed by atoms with Crippen molar-refractivity contribution in [3.05, 3.63) is 46.2 Å². The molecule has 0 radical (unpaired) electrons. The van der Waals surface area contributed by atoms with Gasteiger partial charge in [0, 0.05) is 22.4 Å². The van der Waals surface area contributed by atoms with Gasteiger partial charge in [-0.3, -0.25) is 4.79 Å². The van der Waals surface area contributed by atoms with Crippen molar-refractivity contribution in [1.29, 1.82) is 0 Å². The molecular formula is C16H17NO3S. The van der Waals surface area contributed by atoms with E-state index in [-0.39, 0.29) is 11.9 Å². The Labute approximate surface area is 127 Å². The minimum atomic E-state index is -0.0694. The molecule has 1 heterocycles. The normalized spacial score (nSPS) is 19.9. The molecule has 1 fully saturated rings. The van der Waals surface area contributed by atoms with E-state index in [2.05, 4.69) is 16.8 Å². The summed E-state index contributed by atoms with van der Waals surface area (Å²) < 4.78 is 10.4. The van der Waals surface area contributed by atoms with E-state index < -0.39 is 0 Å². The first-order valence-electron chi connectivity index (χ1n) is 6.79. The highest BCUT2D eigenvalue weighted by Crippen LogP contribution is 2.43. The van der Waals surface area contributed by atoms with Crippen molar-refractivity contribution in [3.8, 4) is 11.5 Å². The summed E-state index contributed by atoms with van der Waals surface area (Å²) in [5.74, 6) is 1.58. The minimum absolute atomic E-state index is 0.0694. The number of hydrogen-bond acceptors (Lipinski definition) is 4. The van der Waals surface area contributed by atoms with Crippen LogP contribution in [0.5, 0.6) is 11.5 Å². The third-order valence-electron chi connectivity index (χ3n) is 3.66. The van der Waals surface area contributed by atoms with Crippen LogP contribution in [0.4, 0.5) is 0 Å². The number of methoxy groups -OCH3 is 2. The zero-order chi connectivity index (χ0) is 14.8. The number of thiophene rings is 1. The standard InChI is InChI=1S/C16H17NO3S/c1-19-13-6-5-10(8-14(13)20-2)16(18)17-12-9-11(12)15-4-3-7-21-15/h3-8,11-12H,9H2,1-2H3,(H,17,18). The van der Waals surface area contributed by atoms with Crippen molar-refractivity contribution >= 4 is 17.2 Å². The number of carbonyl (C=O) groups excluding carboxylic acids is 1. The predicted octanol–water partition coefficient (Wildman–Crippen LogP) is 3.05. The van der Waals surface area contributed by atoms with Gasteiger partial charge in [-0.2, -0.15) is 0 Å². The van der Waals surface area contributed by atoms with Crippen molar-refractivity contribution in [2.75, 3.05) is 14.2 Å². The van der Waals surface area contributed by atoms with Crippen molar-refractivity contribution in [3.63, 3.8) is 0 Å². The molecule has 3 rings (SSSR count). The molecule has 1 aliphatic rings. The van der Waals surface area contributed by atoms with Gasteiger partial charge in [0.05, 0.1) is 14.2 Å². The second-order valence-electron chi connectivity index (χ2n) is 5.01. The number of amides is 1. The topological polar surface area (TPSA) is 47.6 Å². The predicted molar refractivity (Wildman–Crippen MR) is 82.5 cm³/mol. The van der Waals surface area contributed by atoms with Crippen molar-refractivity contribution in [2.24, 2.45) is 0 Å². The quantitative estimate of drug-likeness (QED) is 0.923. The summed E-state index contributed by atoms with van der Waals surface area (Å²) >= 11 is 1.74. The Balaban J connectivity index is 1.66. The van der Waals surface area contributed by atoms with Gasteiger partial charge >= 0.3 is 0 Å². The SMILES string of the molecule is COc1ccc(C(=O)NC2CC2c2cccs2)cc1OC. The van der Waals surface area contributed by atoms with Crippen LogP contribution < -0.4 is 14.8 Å². The Bertz CT molecular complexity index is 639. The van der Waals surface area contributed by atoms with Crippen LogP contribution >= 0.6 is 11.3 Å². The Kier molecular flexibility index (Phi) is 3.84. The molecular weight excluding hydrogens is 286 g/mol. The molecule has 1 amide bonds. The lowest BCUT2D eigenvalue weighted by atomic mass is 10.2. The summed E-state index contributed by atoms with van der Waals surface area (Å²) in [6.45, 7) is 0. The van der Waals surface area contributed by atoms with E-state index in [1.807, 2.05) is 6.07 Å². The summed E-state index contributed by atoms with van der Waals surface area (Å²) in [6.07, 6.45) is 1.01. The Morgan fingerprint density at radius 3 is 2.71 bits per heavy atom. The molecule has 1 N–H and O–H groups in total. The lowest BCUT2D eigenvalue weighted by Gasteiger charge is -2.10. The maximum atomic E-state index is 12.3. The summed E-state index contributed by atoms with van der Waals surface area (Å²) in [6, 6.07) is 9.61. The fourth-order valence-corrected chi connectivity index (χ4v) is 3.31. The van der Waals surface area contributed by atoms with Gasteiger partial charge in [0.2, 0.25) is 0 Å². The molecule has 110 valence electrons. The highest BCUT2D eigenvalue weighted by Gasteiger charge is 2.40. The lowest BCUT2D eigenvalue weighted by Crippen LogP contribution is -2.26. The maximum Gasteiger partial charge on any atom is 0.251 e. The zero-order valence-electron chi connectivity index (χ0n) is 12.0. The molecule has 1 aromatic carbocycles. The van der Waals surface area contributed by atoms with Gasteiger partial charge in [0.25, 0.3) is 5.91 Å². The maximum absolute atomic E-state index is 12.3. The molecule has 1 aliphatic carbocycles. The van der Waals surface area contributed by atoms with Crippen molar-refractivity contribution < 1.29 is 14.3 Å². The third-order valence-corrected chi connectivity index (χ3v) is 4.67. The molecule has 2 aromatic rings. The minimum Gasteiger partial charge on any atom is -0.493 e. The summed E-state index contributed by atoms with van der Waals surface area (Å²) in [5, 5.41) is 5.14. The van der Waals surface area contributed by atoms with Crippen LogP contribution in [0.15, 0.2) is 35.7 Å². The Morgan fingerprint density at radius 1 is 1.24 bits per heavy atom. The molecule has 1 aromatic heterocycles. The molecule has 2 atom stereocenters. The second kappa shape index (κ2) is 5.77. The molecule has 4 nitrogen and oxygen atoms in total. The summed E-state index contributed by atoms with van der Waals surface area (Å²) in [5.41, 5.74) is 0.587. The first kappa shape index (κ1) is 13.9. The first-order valence-corrected chi connectivity index (χ1v) is 7.67. The van der Waals surface area contributed by atoms with E-state index in [4.69, 9.17) is 9.47 Å². The van der Waals surface area contributed by atoms with Gasteiger partial charge in [0.15, 0.2) is 11.5 Å². The van der Waals surface area contributed by atoms with Crippen LogP contribution in [-0.2, 0) is 0 Å². The zero-order valence-corrected chi connectivity index (χ0v) is 12.8. The summed E-state index contributed by atoms with van der Waals surface area (Å²) in [4.78, 5) is 13.6. The highest BCUT2D eigenvalue weighted by molar-refractivity contribution is 7.10. The van der Waals surface area contributed by atoms with Gasteiger partial charge in [-0.05, 0) is 36.1 Å². The number of ether oxygens (including phenoxy) is 2. The molecule has 0 saturated heterocycles. The number of benzene rings is 1. The van der Waals surface area contributed by atoms with E-state index in [1.165, 1.54) is 4.88 Å². The van der Waals surface area contributed by atoms with E-state index in [1.54, 1.807) is 43.8 Å². The van der Waals surface area contributed by atoms with Gasteiger partial charge in [-0.25, -0.2) is 0 Å². The average Bonchev–Trinajstić information content (AvgIpc) is 3.06. The smallest absolute Gasteiger partial charge is 0.251 e. The number of rotatable bonds is 5. The van der Waals surface area contributed by atoms with Gasteiger partial charge in [0.1, 0.15) is 0 Å². The molecule has 5 heteroatoms. The van der Waals surface area contributed by atoms with E-state index in [0.717, 1.165) is 6.42 Å². The number of carbonyl (C=O) groups is 1. The van der Waals surface area contributed by atoms with Crippen LogP contribution in [0.2, 0.25) is 0 Å². The molecule has 0 spiro atoms. The summed E-state index contributed by atoms with van der Waals surface area (Å²) in [7, 11) is 3.14. The fraction of sp³-hybridized carbons (Fsp3) is 0.312. The highest BCUT2D eigenvalue weighted by atomic mass is 32.1. The van der Waals surface area contributed by atoms with Crippen LogP contribution in [0, 0.1) is 0 Å². The Hall–Kier alpha value is -2.01. The van der Waals surface area contributed by atoms with Crippen LogP contribution in [-0.4, -0.2) is 26.2 Å².